The third kappa shape index (κ3) is 2.89. The van der Waals surface area contributed by atoms with Gasteiger partial charge in [-0.25, -0.2) is 9.78 Å². The largest absolute Gasteiger partial charge is 0.480 e. The summed E-state index contributed by atoms with van der Waals surface area (Å²) in [5, 5.41) is 11.1. The zero-order valence-corrected chi connectivity index (χ0v) is 7.65. The molecule has 14 heavy (non-hydrogen) atoms. The van der Waals surface area contributed by atoms with E-state index in [2.05, 4.69) is 15.3 Å². The molecule has 1 amide bonds. The monoisotopic (exact) mass is 197 g/mol. The van der Waals surface area contributed by atoms with Crippen molar-refractivity contribution < 1.29 is 14.7 Å². The van der Waals surface area contributed by atoms with Crippen LogP contribution in [0.3, 0.4) is 0 Å². The molecular weight excluding hydrogens is 186 g/mol. The first-order chi connectivity index (χ1) is 6.59. The van der Waals surface area contributed by atoms with Crippen LogP contribution in [-0.4, -0.2) is 33.0 Å². The number of nitrogens with zero attached hydrogens (tertiary/aromatic N) is 1. The van der Waals surface area contributed by atoms with Crippen molar-refractivity contribution in [1.82, 2.24) is 15.3 Å². The molecule has 6 nitrogen and oxygen atoms in total. The summed E-state index contributed by atoms with van der Waals surface area (Å²) in [5.41, 5.74) is 0.603. The molecule has 0 aliphatic rings. The standard InChI is InChI=1S/C8H11N3O3/c1-5(12)11-7(8(13)14)2-6-3-9-4-10-6/h3-4,7H,2H2,1H3,(H,9,10)(H,11,12)(H,13,14)/t7-/m1/s1. The number of nitrogens with one attached hydrogen (secondary N) is 2. The number of amides is 1. The molecule has 76 valence electrons. The number of rotatable bonds is 4. The number of aromatic nitrogens is 2. The zero-order chi connectivity index (χ0) is 10.6. The molecule has 0 bridgehead atoms. The average Bonchev–Trinajstić information content (AvgIpc) is 2.54. The molecule has 6 heteroatoms. The van der Waals surface area contributed by atoms with Gasteiger partial charge in [0, 0.05) is 19.5 Å². The maximum absolute atomic E-state index is 10.7. The Hall–Kier alpha value is -1.85. The molecule has 0 saturated heterocycles. The van der Waals surface area contributed by atoms with E-state index in [1.54, 1.807) is 6.20 Å². The highest BCUT2D eigenvalue weighted by atomic mass is 16.4. The highest BCUT2D eigenvalue weighted by molar-refractivity contribution is 5.82. The number of carbonyl (C=O) groups is 2. The molecule has 0 aromatic carbocycles. The van der Waals surface area contributed by atoms with E-state index in [0.29, 0.717) is 5.69 Å². The van der Waals surface area contributed by atoms with Gasteiger partial charge in [0.25, 0.3) is 0 Å². The molecule has 3 N–H and O–H groups in total. The molecule has 1 rings (SSSR count). The third-order valence-corrected chi connectivity index (χ3v) is 1.64. The van der Waals surface area contributed by atoms with Gasteiger partial charge >= 0.3 is 5.97 Å². The van der Waals surface area contributed by atoms with Crippen molar-refractivity contribution in [3.63, 3.8) is 0 Å². The summed E-state index contributed by atoms with van der Waals surface area (Å²) in [6.45, 7) is 1.28. The SMILES string of the molecule is CC(=O)N[C@H](Cc1c[nH]cn1)C(=O)O. The van der Waals surface area contributed by atoms with E-state index in [9.17, 15) is 9.59 Å². The number of imidazole rings is 1. The lowest BCUT2D eigenvalue weighted by molar-refractivity contribution is -0.141. The fraction of sp³-hybridized carbons (Fsp3) is 0.375. The third-order valence-electron chi connectivity index (χ3n) is 1.64. The smallest absolute Gasteiger partial charge is 0.326 e. The first-order valence-corrected chi connectivity index (χ1v) is 4.07. The van der Waals surface area contributed by atoms with E-state index in [4.69, 9.17) is 5.11 Å². The number of H-pyrrole nitrogens is 1. The second kappa shape index (κ2) is 4.40. The molecular formula is C8H11N3O3. The number of hydrogen-bond acceptors (Lipinski definition) is 3. The van der Waals surface area contributed by atoms with Crippen LogP contribution < -0.4 is 5.32 Å². The number of carboxylic acids is 1. The van der Waals surface area contributed by atoms with Crippen LogP contribution in [0, 0.1) is 0 Å². The Morgan fingerprint density at radius 3 is 2.86 bits per heavy atom. The second-order valence-electron chi connectivity index (χ2n) is 2.86. The number of aliphatic carboxylic acids is 1. The van der Waals surface area contributed by atoms with Gasteiger partial charge in [-0.1, -0.05) is 0 Å². The van der Waals surface area contributed by atoms with Crippen LogP contribution in [0.1, 0.15) is 12.6 Å². The molecule has 0 saturated carbocycles. The topological polar surface area (TPSA) is 95.1 Å². The van der Waals surface area contributed by atoms with Gasteiger partial charge in [-0.3, -0.25) is 4.79 Å². The Morgan fingerprint density at radius 1 is 1.71 bits per heavy atom. The predicted molar refractivity (Wildman–Crippen MR) is 47.5 cm³/mol. The minimum absolute atomic E-state index is 0.179. The van der Waals surface area contributed by atoms with Crippen LogP contribution in [0.25, 0.3) is 0 Å². The van der Waals surface area contributed by atoms with Gasteiger partial charge < -0.3 is 15.4 Å². The molecule has 0 radical (unpaired) electrons. The molecule has 0 unspecified atom stereocenters. The predicted octanol–water partition coefficient (Wildman–Crippen LogP) is -0.459. The van der Waals surface area contributed by atoms with E-state index < -0.39 is 12.0 Å². The van der Waals surface area contributed by atoms with Crippen molar-refractivity contribution in [2.24, 2.45) is 0 Å². The minimum atomic E-state index is -1.07. The molecule has 0 aliphatic carbocycles. The number of carbonyl (C=O) groups excluding carboxylic acids is 1. The van der Waals surface area contributed by atoms with Crippen LogP contribution in [0.2, 0.25) is 0 Å². The van der Waals surface area contributed by atoms with Gasteiger partial charge in [0.1, 0.15) is 6.04 Å². The first kappa shape index (κ1) is 10.2. The van der Waals surface area contributed by atoms with E-state index in [0.717, 1.165) is 0 Å². The van der Waals surface area contributed by atoms with E-state index in [1.165, 1.54) is 13.3 Å². The van der Waals surface area contributed by atoms with Crippen LogP contribution in [-0.2, 0) is 16.0 Å². The maximum atomic E-state index is 10.7. The van der Waals surface area contributed by atoms with E-state index in [-0.39, 0.29) is 12.3 Å². The van der Waals surface area contributed by atoms with Crippen molar-refractivity contribution in [3.8, 4) is 0 Å². The lowest BCUT2D eigenvalue weighted by atomic mass is 10.1. The van der Waals surface area contributed by atoms with Crippen molar-refractivity contribution >= 4 is 11.9 Å². The Kier molecular flexibility index (Phi) is 3.22. The maximum Gasteiger partial charge on any atom is 0.326 e. The number of carboxylic acid groups (broad SMARTS) is 1. The fourth-order valence-electron chi connectivity index (χ4n) is 1.06. The Bertz CT molecular complexity index is 321. The molecule has 0 fully saturated rings. The van der Waals surface area contributed by atoms with Crippen molar-refractivity contribution in [2.45, 2.75) is 19.4 Å². The van der Waals surface area contributed by atoms with Crippen LogP contribution in [0.15, 0.2) is 12.5 Å². The minimum Gasteiger partial charge on any atom is -0.480 e. The normalized spacial score (nSPS) is 12.1. The second-order valence-corrected chi connectivity index (χ2v) is 2.86. The fourth-order valence-corrected chi connectivity index (χ4v) is 1.06. The van der Waals surface area contributed by atoms with E-state index >= 15 is 0 Å². The highest BCUT2D eigenvalue weighted by Crippen LogP contribution is 1.98. The summed E-state index contributed by atoms with van der Waals surface area (Å²) in [5.74, 6) is -1.43. The zero-order valence-electron chi connectivity index (χ0n) is 7.65. The van der Waals surface area contributed by atoms with Crippen LogP contribution in [0.4, 0.5) is 0 Å². The van der Waals surface area contributed by atoms with Gasteiger partial charge in [-0.15, -0.1) is 0 Å². The van der Waals surface area contributed by atoms with Gasteiger partial charge in [-0.2, -0.15) is 0 Å². The van der Waals surface area contributed by atoms with Gasteiger partial charge in [0.05, 0.1) is 12.0 Å². The lowest BCUT2D eigenvalue weighted by Crippen LogP contribution is -2.41. The molecule has 1 aromatic rings. The first-order valence-electron chi connectivity index (χ1n) is 4.07. The average molecular weight is 197 g/mol. The van der Waals surface area contributed by atoms with Crippen LogP contribution >= 0.6 is 0 Å². The molecule has 0 spiro atoms. The van der Waals surface area contributed by atoms with Gasteiger partial charge in [0.2, 0.25) is 5.91 Å². The lowest BCUT2D eigenvalue weighted by Gasteiger charge is -2.10. The highest BCUT2D eigenvalue weighted by Gasteiger charge is 2.19. The Balaban J connectivity index is 2.60. The summed E-state index contributed by atoms with van der Waals surface area (Å²) < 4.78 is 0. The summed E-state index contributed by atoms with van der Waals surface area (Å²) in [4.78, 5) is 28.0. The van der Waals surface area contributed by atoms with Crippen molar-refractivity contribution in [2.75, 3.05) is 0 Å². The van der Waals surface area contributed by atoms with Gasteiger partial charge in [-0.05, 0) is 0 Å². The molecule has 1 atom stereocenters. The summed E-state index contributed by atoms with van der Waals surface area (Å²) in [6, 6.07) is -0.921. The van der Waals surface area contributed by atoms with E-state index in [1.807, 2.05) is 0 Å². The molecule has 0 aliphatic heterocycles. The molecule has 1 aromatic heterocycles. The van der Waals surface area contributed by atoms with Gasteiger partial charge in [0.15, 0.2) is 0 Å². The number of aromatic amines is 1. The van der Waals surface area contributed by atoms with Crippen molar-refractivity contribution in [1.29, 1.82) is 0 Å². The Labute approximate surface area is 80.4 Å². The summed E-state index contributed by atoms with van der Waals surface area (Å²) in [6.07, 6.45) is 3.23. The summed E-state index contributed by atoms with van der Waals surface area (Å²) >= 11 is 0. The Morgan fingerprint density at radius 2 is 2.43 bits per heavy atom. The van der Waals surface area contributed by atoms with Crippen LogP contribution in [0.5, 0.6) is 0 Å². The van der Waals surface area contributed by atoms with Crippen molar-refractivity contribution in [3.05, 3.63) is 18.2 Å². The quantitative estimate of drug-likeness (QED) is 0.608. The summed E-state index contributed by atoms with van der Waals surface area (Å²) in [7, 11) is 0. The number of hydrogen-bond donors (Lipinski definition) is 3. The molecule has 1 heterocycles.